The molecule has 0 amide bonds. The first kappa shape index (κ1) is 17.4. The summed E-state index contributed by atoms with van der Waals surface area (Å²) in [4.78, 5) is 21.4. The molecule has 8 nitrogen and oxygen atoms in total. The van der Waals surface area contributed by atoms with E-state index in [4.69, 9.17) is 0 Å². The monoisotopic (exact) mass is 350 g/mol. The molecule has 2 rings (SSSR count). The fourth-order valence-corrected chi connectivity index (χ4v) is 3.04. The molecular weight excluding hydrogens is 336 g/mol. The summed E-state index contributed by atoms with van der Waals surface area (Å²) in [5, 5.41) is 10.9. The summed E-state index contributed by atoms with van der Waals surface area (Å²) in [5.41, 5.74) is 0.567. The predicted octanol–water partition coefficient (Wildman–Crippen LogP) is 2.49. The lowest BCUT2D eigenvalue weighted by Crippen LogP contribution is -2.13. The van der Waals surface area contributed by atoms with E-state index in [0.29, 0.717) is 5.56 Å². The van der Waals surface area contributed by atoms with Gasteiger partial charge in [-0.25, -0.2) is 13.2 Å². The molecule has 2 aromatic rings. The van der Waals surface area contributed by atoms with Crippen molar-refractivity contribution in [3.05, 3.63) is 63.7 Å². The topological polar surface area (TPSA) is 116 Å². The molecular formula is C15H14N2O6S. The van der Waals surface area contributed by atoms with Gasteiger partial charge in [-0.1, -0.05) is 6.07 Å². The molecule has 0 spiro atoms. The lowest BCUT2D eigenvalue weighted by molar-refractivity contribution is -0.385. The van der Waals surface area contributed by atoms with Crippen molar-refractivity contribution in [3.63, 3.8) is 0 Å². The summed E-state index contributed by atoms with van der Waals surface area (Å²) >= 11 is 0. The highest BCUT2D eigenvalue weighted by Gasteiger charge is 2.20. The Kier molecular flexibility index (Phi) is 4.84. The largest absolute Gasteiger partial charge is 0.465 e. The van der Waals surface area contributed by atoms with Gasteiger partial charge in [0, 0.05) is 17.3 Å². The van der Waals surface area contributed by atoms with Crippen molar-refractivity contribution in [2.75, 3.05) is 11.8 Å². The maximum Gasteiger partial charge on any atom is 0.337 e. The molecule has 126 valence electrons. The minimum atomic E-state index is -4.00. The number of ether oxygens (including phenoxy) is 1. The smallest absolute Gasteiger partial charge is 0.337 e. The van der Waals surface area contributed by atoms with Crippen LogP contribution < -0.4 is 4.72 Å². The Balaban J connectivity index is 2.30. The first-order valence-corrected chi connectivity index (χ1v) is 8.19. The van der Waals surface area contributed by atoms with E-state index >= 15 is 0 Å². The summed E-state index contributed by atoms with van der Waals surface area (Å²) in [5.74, 6) is -0.543. The Morgan fingerprint density at radius 2 is 1.79 bits per heavy atom. The van der Waals surface area contributed by atoms with Crippen molar-refractivity contribution in [3.8, 4) is 0 Å². The van der Waals surface area contributed by atoms with E-state index < -0.39 is 20.9 Å². The van der Waals surface area contributed by atoms with Gasteiger partial charge in [-0.05, 0) is 37.3 Å². The molecule has 0 saturated heterocycles. The molecule has 0 aromatic heterocycles. The predicted molar refractivity (Wildman–Crippen MR) is 86.4 cm³/mol. The van der Waals surface area contributed by atoms with Crippen LogP contribution in [0.3, 0.4) is 0 Å². The van der Waals surface area contributed by atoms with E-state index in [9.17, 15) is 23.3 Å². The number of sulfonamides is 1. The molecule has 9 heteroatoms. The van der Waals surface area contributed by atoms with Crippen molar-refractivity contribution in [1.29, 1.82) is 0 Å². The third kappa shape index (κ3) is 3.69. The van der Waals surface area contributed by atoms with Crippen LogP contribution in [0.1, 0.15) is 15.9 Å². The molecule has 0 unspecified atom stereocenters. The Bertz CT molecular complexity index is 891. The first-order chi connectivity index (χ1) is 11.2. The summed E-state index contributed by atoms with van der Waals surface area (Å²) in [6.45, 7) is 1.52. The van der Waals surface area contributed by atoms with E-state index in [0.717, 1.165) is 6.07 Å². The van der Waals surface area contributed by atoms with Crippen LogP contribution in [-0.2, 0) is 14.8 Å². The summed E-state index contributed by atoms with van der Waals surface area (Å²) in [6.07, 6.45) is 0. The van der Waals surface area contributed by atoms with E-state index in [1.165, 1.54) is 50.4 Å². The lowest BCUT2D eigenvalue weighted by Gasteiger charge is -2.09. The Morgan fingerprint density at radius 3 is 2.33 bits per heavy atom. The van der Waals surface area contributed by atoms with Crippen molar-refractivity contribution >= 4 is 27.4 Å². The van der Waals surface area contributed by atoms with Gasteiger partial charge in [-0.15, -0.1) is 0 Å². The number of esters is 1. The van der Waals surface area contributed by atoms with Gasteiger partial charge in [-0.2, -0.15) is 0 Å². The standard InChI is InChI=1S/C15H14N2O6S/c1-10-3-8-13(9-14(10)17(19)20)24(21,22)16-12-6-4-11(5-7-12)15(18)23-2/h3-9,16H,1-2H3. The quantitative estimate of drug-likeness (QED) is 0.503. The van der Waals surface area contributed by atoms with Crippen molar-refractivity contribution in [2.45, 2.75) is 11.8 Å². The fraction of sp³-hybridized carbons (Fsp3) is 0.133. The van der Waals surface area contributed by atoms with Gasteiger partial charge in [0.1, 0.15) is 0 Å². The number of nitrogens with one attached hydrogen (secondary N) is 1. The van der Waals surface area contributed by atoms with Crippen LogP contribution in [0.15, 0.2) is 47.4 Å². The zero-order valence-electron chi connectivity index (χ0n) is 12.8. The number of carbonyl (C=O) groups excluding carboxylic acids is 1. The third-order valence-corrected chi connectivity index (χ3v) is 4.62. The van der Waals surface area contributed by atoms with Gasteiger partial charge >= 0.3 is 5.97 Å². The third-order valence-electron chi connectivity index (χ3n) is 3.25. The van der Waals surface area contributed by atoms with Crippen LogP contribution >= 0.6 is 0 Å². The Hall–Kier alpha value is -2.94. The van der Waals surface area contributed by atoms with Gasteiger partial charge < -0.3 is 4.74 Å². The SMILES string of the molecule is COC(=O)c1ccc(NS(=O)(=O)c2ccc(C)c([N+](=O)[O-])c2)cc1. The number of carbonyl (C=O) groups is 1. The van der Waals surface area contributed by atoms with Gasteiger partial charge in [0.05, 0.1) is 22.5 Å². The molecule has 0 radical (unpaired) electrons. The van der Waals surface area contributed by atoms with E-state index in [-0.39, 0.29) is 21.8 Å². The van der Waals surface area contributed by atoms with Crippen molar-refractivity contribution in [2.24, 2.45) is 0 Å². The van der Waals surface area contributed by atoms with Crippen LogP contribution in [0.4, 0.5) is 11.4 Å². The molecule has 0 bridgehead atoms. The van der Waals surface area contributed by atoms with Gasteiger partial charge in [0.2, 0.25) is 0 Å². The molecule has 0 saturated carbocycles. The van der Waals surface area contributed by atoms with E-state index in [1.54, 1.807) is 0 Å². The summed E-state index contributed by atoms with van der Waals surface area (Å²) in [7, 11) is -2.76. The maximum absolute atomic E-state index is 12.3. The van der Waals surface area contributed by atoms with Crippen LogP contribution in [0.25, 0.3) is 0 Å². The molecule has 0 fully saturated rings. The van der Waals surface area contributed by atoms with Crippen molar-refractivity contribution < 1.29 is 22.9 Å². The summed E-state index contributed by atoms with van der Waals surface area (Å²) in [6, 6.07) is 9.25. The number of nitro benzene ring substituents is 1. The second-order valence-corrected chi connectivity index (χ2v) is 6.56. The molecule has 0 heterocycles. The average Bonchev–Trinajstić information content (AvgIpc) is 2.54. The molecule has 0 aliphatic carbocycles. The number of methoxy groups -OCH3 is 1. The number of nitrogens with zero attached hydrogens (tertiary/aromatic N) is 1. The Labute approximate surface area is 138 Å². The number of nitro groups is 1. The molecule has 0 atom stereocenters. The molecule has 1 N–H and O–H groups in total. The van der Waals surface area contributed by atoms with Crippen LogP contribution in [0.2, 0.25) is 0 Å². The van der Waals surface area contributed by atoms with Gasteiger partial charge in [0.25, 0.3) is 15.7 Å². The highest BCUT2D eigenvalue weighted by molar-refractivity contribution is 7.92. The number of hydrogen-bond acceptors (Lipinski definition) is 6. The average molecular weight is 350 g/mol. The summed E-state index contributed by atoms with van der Waals surface area (Å²) < 4.78 is 31.5. The minimum absolute atomic E-state index is 0.214. The van der Waals surface area contributed by atoms with E-state index in [2.05, 4.69) is 9.46 Å². The second kappa shape index (κ2) is 6.67. The maximum atomic E-state index is 12.3. The minimum Gasteiger partial charge on any atom is -0.465 e. The second-order valence-electron chi connectivity index (χ2n) is 4.88. The number of aryl methyl sites for hydroxylation is 1. The van der Waals surface area contributed by atoms with Crippen LogP contribution in [-0.4, -0.2) is 26.4 Å². The normalized spacial score (nSPS) is 10.9. The van der Waals surface area contributed by atoms with Crippen LogP contribution in [0.5, 0.6) is 0 Å². The molecule has 0 aliphatic rings. The van der Waals surface area contributed by atoms with Gasteiger partial charge in [0.15, 0.2) is 0 Å². The number of rotatable bonds is 5. The molecule has 24 heavy (non-hydrogen) atoms. The number of benzene rings is 2. The molecule has 2 aromatic carbocycles. The zero-order chi connectivity index (χ0) is 17.9. The fourth-order valence-electron chi connectivity index (χ4n) is 1.96. The molecule has 0 aliphatic heterocycles. The lowest BCUT2D eigenvalue weighted by atomic mass is 10.2. The van der Waals surface area contributed by atoms with Crippen LogP contribution in [0, 0.1) is 17.0 Å². The zero-order valence-corrected chi connectivity index (χ0v) is 13.7. The first-order valence-electron chi connectivity index (χ1n) is 6.71. The number of hydrogen-bond donors (Lipinski definition) is 1. The van der Waals surface area contributed by atoms with Gasteiger partial charge in [-0.3, -0.25) is 14.8 Å². The Morgan fingerprint density at radius 1 is 1.17 bits per heavy atom. The van der Waals surface area contributed by atoms with Crippen molar-refractivity contribution in [1.82, 2.24) is 0 Å². The highest BCUT2D eigenvalue weighted by atomic mass is 32.2. The highest BCUT2D eigenvalue weighted by Crippen LogP contribution is 2.24. The van der Waals surface area contributed by atoms with E-state index in [1.807, 2.05) is 0 Å². The number of anilines is 1.